The highest BCUT2D eigenvalue weighted by atomic mass is 16.5. The number of rotatable bonds is 12. The van der Waals surface area contributed by atoms with E-state index in [0.717, 1.165) is 50.7 Å². The van der Waals surface area contributed by atoms with Gasteiger partial charge in [0.15, 0.2) is 5.96 Å². The molecule has 1 aromatic carbocycles. The van der Waals surface area contributed by atoms with Gasteiger partial charge in [-0.25, -0.2) is 0 Å². The fraction of sp³-hybridized carbons (Fsp3) is 0.667. The van der Waals surface area contributed by atoms with Crippen molar-refractivity contribution in [2.75, 3.05) is 39.8 Å². The molecule has 1 unspecified atom stereocenters. The highest BCUT2D eigenvalue weighted by Crippen LogP contribution is 2.11. The van der Waals surface area contributed by atoms with Gasteiger partial charge in [-0.15, -0.1) is 0 Å². The van der Waals surface area contributed by atoms with Crippen LogP contribution in [0.15, 0.2) is 29.3 Å². The fourth-order valence-corrected chi connectivity index (χ4v) is 2.88. The maximum absolute atomic E-state index is 5.20. The predicted molar refractivity (Wildman–Crippen MR) is 112 cm³/mol. The Morgan fingerprint density at radius 2 is 1.85 bits per heavy atom. The molecule has 0 aliphatic heterocycles. The summed E-state index contributed by atoms with van der Waals surface area (Å²) in [5, 5.41) is 6.88. The first-order chi connectivity index (χ1) is 12.6. The average Bonchev–Trinajstić information content (AvgIpc) is 2.66. The number of methoxy groups -OCH3 is 1. The average molecular weight is 363 g/mol. The van der Waals surface area contributed by atoms with Gasteiger partial charge in [0, 0.05) is 19.1 Å². The molecule has 0 amide bonds. The van der Waals surface area contributed by atoms with Gasteiger partial charge in [0.25, 0.3) is 0 Å². The van der Waals surface area contributed by atoms with Crippen molar-refractivity contribution >= 4 is 5.96 Å². The molecular weight excluding hydrogens is 324 g/mol. The highest BCUT2D eigenvalue weighted by Gasteiger charge is 2.06. The lowest BCUT2D eigenvalue weighted by Crippen LogP contribution is -2.42. The van der Waals surface area contributed by atoms with E-state index < -0.39 is 0 Å². The van der Waals surface area contributed by atoms with Crippen molar-refractivity contribution < 1.29 is 4.74 Å². The number of hydrogen-bond acceptors (Lipinski definition) is 3. The number of aliphatic imine (C=N–C) groups is 1. The van der Waals surface area contributed by atoms with Gasteiger partial charge < -0.3 is 20.3 Å². The van der Waals surface area contributed by atoms with Crippen LogP contribution in [0.2, 0.25) is 0 Å². The van der Waals surface area contributed by atoms with E-state index in [0.29, 0.717) is 6.04 Å². The highest BCUT2D eigenvalue weighted by molar-refractivity contribution is 5.80. The molecule has 0 saturated carbocycles. The van der Waals surface area contributed by atoms with Crippen molar-refractivity contribution in [3.63, 3.8) is 0 Å². The van der Waals surface area contributed by atoms with Crippen LogP contribution in [0.3, 0.4) is 0 Å². The lowest BCUT2D eigenvalue weighted by atomic mass is 10.1. The molecule has 0 aromatic heterocycles. The second kappa shape index (κ2) is 13.5. The van der Waals surface area contributed by atoms with E-state index in [4.69, 9.17) is 9.73 Å². The number of guanidine groups is 1. The predicted octanol–water partition coefficient (Wildman–Crippen LogP) is 3.30. The Morgan fingerprint density at radius 1 is 1.15 bits per heavy atom. The third-order valence-corrected chi connectivity index (χ3v) is 4.56. The van der Waals surface area contributed by atoms with Crippen molar-refractivity contribution in [3.05, 3.63) is 29.8 Å². The summed E-state index contributed by atoms with van der Waals surface area (Å²) < 4.78 is 5.20. The maximum atomic E-state index is 5.20. The van der Waals surface area contributed by atoms with Crippen molar-refractivity contribution in [2.24, 2.45) is 4.99 Å². The summed E-state index contributed by atoms with van der Waals surface area (Å²) in [4.78, 5) is 7.19. The van der Waals surface area contributed by atoms with Crippen LogP contribution in [0, 0.1) is 0 Å². The minimum atomic E-state index is 0.421. The first-order valence-electron chi connectivity index (χ1n) is 10.0. The summed E-state index contributed by atoms with van der Waals surface area (Å²) in [6.07, 6.45) is 3.29. The standard InChI is InChI=1S/C21H38N4O/c1-6-22-21(24-18(4)10-9-17-25(7-2)8-3)23-16-15-19-11-13-20(26-5)14-12-19/h11-14,18H,6-10,15-17H2,1-5H3,(H2,22,23,24). The van der Waals surface area contributed by atoms with Gasteiger partial charge in [-0.2, -0.15) is 0 Å². The molecule has 2 N–H and O–H groups in total. The number of hydrogen-bond donors (Lipinski definition) is 2. The number of ether oxygens (including phenoxy) is 1. The molecule has 0 saturated heterocycles. The molecule has 0 aliphatic rings. The van der Waals surface area contributed by atoms with Crippen LogP contribution in [-0.2, 0) is 6.42 Å². The van der Waals surface area contributed by atoms with Crippen LogP contribution in [0.4, 0.5) is 0 Å². The molecule has 5 nitrogen and oxygen atoms in total. The van der Waals surface area contributed by atoms with Crippen LogP contribution in [0.1, 0.15) is 46.1 Å². The minimum Gasteiger partial charge on any atom is -0.497 e. The van der Waals surface area contributed by atoms with Crippen molar-refractivity contribution in [1.82, 2.24) is 15.5 Å². The van der Waals surface area contributed by atoms with Gasteiger partial charge in [0.05, 0.1) is 7.11 Å². The van der Waals surface area contributed by atoms with Gasteiger partial charge in [0.2, 0.25) is 0 Å². The quantitative estimate of drug-likeness (QED) is 0.442. The second-order valence-corrected chi connectivity index (χ2v) is 6.57. The number of nitrogens with one attached hydrogen (secondary N) is 2. The lowest BCUT2D eigenvalue weighted by molar-refractivity contribution is 0.292. The SMILES string of the molecule is CCNC(=NCCc1ccc(OC)cc1)NC(C)CCCN(CC)CC. The van der Waals surface area contributed by atoms with Crippen LogP contribution >= 0.6 is 0 Å². The van der Waals surface area contributed by atoms with E-state index in [2.05, 4.69) is 55.4 Å². The molecule has 0 fully saturated rings. The topological polar surface area (TPSA) is 48.9 Å². The van der Waals surface area contributed by atoms with Crippen molar-refractivity contribution in [2.45, 2.75) is 53.0 Å². The normalized spacial score (nSPS) is 12.9. The van der Waals surface area contributed by atoms with E-state index in [-0.39, 0.29) is 0 Å². The monoisotopic (exact) mass is 362 g/mol. The molecule has 1 aromatic rings. The first-order valence-corrected chi connectivity index (χ1v) is 10.0. The van der Waals surface area contributed by atoms with Crippen molar-refractivity contribution in [1.29, 1.82) is 0 Å². The van der Waals surface area contributed by atoms with Gasteiger partial charge in [-0.1, -0.05) is 26.0 Å². The molecule has 0 heterocycles. The Labute approximate surface area is 160 Å². The number of benzene rings is 1. The summed E-state index contributed by atoms with van der Waals surface area (Å²) in [6, 6.07) is 8.63. The number of nitrogens with zero attached hydrogens (tertiary/aromatic N) is 2. The van der Waals surface area contributed by atoms with Gasteiger partial charge in [0.1, 0.15) is 5.75 Å². The summed E-state index contributed by atoms with van der Waals surface area (Å²) in [6.45, 7) is 13.9. The zero-order chi connectivity index (χ0) is 19.2. The zero-order valence-electron chi connectivity index (χ0n) is 17.3. The Balaban J connectivity index is 2.41. The molecule has 26 heavy (non-hydrogen) atoms. The maximum Gasteiger partial charge on any atom is 0.191 e. The van der Waals surface area contributed by atoms with Gasteiger partial charge >= 0.3 is 0 Å². The molecule has 0 aliphatic carbocycles. The van der Waals surface area contributed by atoms with Gasteiger partial charge in [-0.3, -0.25) is 4.99 Å². The summed E-state index contributed by atoms with van der Waals surface area (Å²) in [5.41, 5.74) is 1.28. The third-order valence-electron chi connectivity index (χ3n) is 4.56. The minimum absolute atomic E-state index is 0.421. The third kappa shape index (κ3) is 9.09. The van der Waals surface area contributed by atoms with Crippen LogP contribution < -0.4 is 15.4 Å². The Hall–Kier alpha value is -1.75. The molecule has 0 spiro atoms. The van der Waals surface area contributed by atoms with E-state index >= 15 is 0 Å². The molecule has 1 rings (SSSR count). The molecule has 148 valence electrons. The molecular formula is C21H38N4O. The van der Waals surface area contributed by atoms with E-state index in [9.17, 15) is 0 Å². The molecule has 1 atom stereocenters. The van der Waals surface area contributed by atoms with E-state index in [1.807, 2.05) is 12.1 Å². The Kier molecular flexibility index (Phi) is 11.5. The van der Waals surface area contributed by atoms with Crippen LogP contribution in [0.5, 0.6) is 5.75 Å². The second-order valence-electron chi connectivity index (χ2n) is 6.57. The van der Waals surface area contributed by atoms with Crippen molar-refractivity contribution in [3.8, 4) is 5.75 Å². The first kappa shape index (κ1) is 22.3. The Morgan fingerprint density at radius 3 is 2.42 bits per heavy atom. The largest absolute Gasteiger partial charge is 0.497 e. The van der Waals surface area contributed by atoms with Crippen LogP contribution in [0.25, 0.3) is 0 Å². The van der Waals surface area contributed by atoms with E-state index in [1.165, 1.54) is 18.5 Å². The Bertz CT molecular complexity index is 497. The zero-order valence-corrected chi connectivity index (χ0v) is 17.3. The fourth-order valence-electron chi connectivity index (χ4n) is 2.88. The molecule has 5 heteroatoms. The van der Waals surface area contributed by atoms with Gasteiger partial charge in [-0.05, 0) is 70.4 Å². The van der Waals surface area contributed by atoms with Crippen LogP contribution in [-0.4, -0.2) is 56.7 Å². The molecule has 0 bridgehead atoms. The molecule has 0 radical (unpaired) electrons. The van der Waals surface area contributed by atoms with E-state index in [1.54, 1.807) is 7.11 Å². The lowest BCUT2D eigenvalue weighted by Gasteiger charge is -2.21. The summed E-state index contributed by atoms with van der Waals surface area (Å²) >= 11 is 0. The summed E-state index contributed by atoms with van der Waals surface area (Å²) in [5.74, 6) is 1.81. The summed E-state index contributed by atoms with van der Waals surface area (Å²) in [7, 11) is 1.69. The smallest absolute Gasteiger partial charge is 0.191 e.